The van der Waals surface area contributed by atoms with Gasteiger partial charge in [-0.3, -0.25) is 0 Å². The van der Waals surface area contributed by atoms with Crippen LogP contribution in [-0.2, 0) is 0 Å². The largest absolute Gasteiger partial charge is 0.476 e. The van der Waals surface area contributed by atoms with E-state index in [4.69, 9.17) is 5.11 Å². The minimum Gasteiger partial charge on any atom is -0.476 e. The van der Waals surface area contributed by atoms with Gasteiger partial charge in [-0.05, 0) is 19.8 Å². The van der Waals surface area contributed by atoms with E-state index in [-0.39, 0.29) is 5.69 Å². The Morgan fingerprint density at radius 1 is 1.50 bits per heavy atom. The van der Waals surface area contributed by atoms with E-state index >= 15 is 0 Å². The number of hydrogen-bond donors (Lipinski definition) is 1. The van der Waals surface area contributed by atoms with Crippen molar-refractivity contribution in [2.24, 2.45) is 0 Å². The van der Waals surface area contributed by atoms with Crippen LogP contribution in [0.2, 0.25) is 0 Å². The van der Waals surface area contributed by atoms with E-state index < -0.39 is 5.97 Å². The molecule has 0 spiro atoms. The van der Waals surface area contributed by atoms with Gasteiger partial charge in [-0.1, -0.05) is 18.1 Å². The Kier molecular flexibility index (Phi) is 2.23. The predicted octanol–water partition coefficient (Wildman–Crippen LogP) is 1.40. The number of carbonyl (C=O) groups is 1. The maximum atomic E-state index is 10.7. The third-order valence-corrected chi connectivity index (χ3v) is 2.80. The molecule has 5 nitrogen and oxygen atoms in total. The number of nitrogens with zero attached hydrogens (tertiary/aromatic N) is 3. The Morgan fingerprint density at radius 3 is 2.64 bits per heavy atom. The molecule has 1 fully saturated rings. The third-order valence-electron chi connectivity index (χ3n) is 2.80. The fourth-order valence-electron chi connectivity index (χ4n) is 2.03. The average molecular weight is 195 g/mol. The topological polar surface area (TPSA) is 68.0 Å². The molecule has 1 N–H and O–H groups in total. The van der Waals surface area contributed by atoms with E-state index in [0.717, 1.165) is 12.8 Å². The number of rotatable bonds is 2. The highest BCUT2D eigenvalue weighted by atomic mass is 16.4. The molecule has 2 rings (SSSR count). The zero-order chi connectivity index (χ0) is 10.1. The lowest BCUT2D eigenvalue weighted by atomic mass is 10.2. The fraction of sp³-hybridized carbons (Fsp3) is 0.667. The first kappa shape index (κ1) is 9.18. The summed E-state index contributed by atoms with van der Waals surface area (Å²) in [4.78, 5) is 10.7. The molecule has 1 aromatic heterocycles. The van der Waals surface area contributed by atoms with Crippen LogP contribution in [0.4, 0.5) is 0 Å². The molecule has 0 amide bonds. The molecule has 76 valence electrons. The zero-order valence-electron chi connectivity index (χ0n) is 8.10. The minimum absolute atomic E-state index is 0.0805. The van der Waals surface area contributed by atoms with Crippen molar-refractivity contribution in [2.45, 2.75) is 38.6 Å². The fourth-order valence-corrected chi connectivity index (χ4v) is 2.03. The van der Waals surface area contributed by atoms with Crippen molar-refractivity contribution < 1.29 is 9.90 Å². The summed E-state index contributed by atoms with van der Waals surface area (Å²) in [6.45, 7) is 1.77. The van der Waals surface area contributed by atoms with Gasteiger partial charge in [0.25, 0.3) is 0 Å². The van der Waals surface area contributed by atoms with Gasteiger partial charge in [-0.2, -0.15) is 0 Å². The summed E-state index contributed by atoms with van der Waals surface area (Å²) >= 11 is 0. The monoisotopic (exact) mass is 195 g/mol. The first-order valence-electron chi connectivity index (χ1n) is 4.85. The van der Waals surface area contributed by atoms with Crippen LogP contribution in [0.5, 0.6) is 0 Å². The molecule has 0 aliphatic heterocycles. The van der Waals surface area contributed by atoms with Crippen LogP contribution in [0.3, 0.4) is 0 Å². The lowest BCUT2D eigenvalue weighted by molar-refractivity contribution is 0.0689. The molecule has 0 saturated heterocycles. The predicted molar refractivity (Wildman–Crippen MR) is 49.2 cm³/mol. The highest BCUT2D eigenvalue weighted by Gasteiger charge is 2.23. The van der Waals surface area contributed by atoms with Crippen molar-refractivity contribution in [1.29, 1.82) is 0 Å². The standard InChI is InChI=1S/C9H13N3O2/c1-6-8(9(13)14)10-11-12(6)7-4-2-3-5-7/h7H,2-5H2,1H3,(H,13,14). The molecule has 1 aliphatic carbocycles. The van der Waals surface area contributed by atoms with Crippen LogP contribution in [0, 0.1) is 6.92 Å². The van der Waals surface area contributed by atoms with Gasteiger partial charge < -0.3 is 5.11 Å². The van der Waals surface area contributed by atoms with Gasteiger partial charge in [0.15, 0.2) is 5.69 Å². The van der Waals surface area contributed by atoms with E-state index in [9.17, 15) is 4.79 Å². The molecule has 1 aromatic rings. The van der Waals surface area contributed by atoms with Crippen LogP contribution < -0.4 is 0 Å². The molecule has 14 heavy (non-hydrogen) atoms. The maximum Gasteiger partial charge on any atom is 0.358 e. The van der Waals surface area contributed by atoms with Crippen molar-refractivity contribution >= 4 is 5.97 Å². The van der Waals surface area contributed by atoms with Crippen LogP contribution in [-0.4, -0.2) is 26.1 Å². The first-order valence-corrected chi connectivity index (χ1v) is 4.85. The van der Waals surface area contributed by atoms with Crippen molar-refractivity contribution in [1.82, 2.24) is 15.0 Å². The van der Waals surface area contributed by atoms with Crippen molar-refractivity contribution in [3.8, 4) is 0 Å². The Morgan fingerprint density at radius 2 is 2.14 bits per heavy atom. The Bertz CT molecular complexity index is 353. The number of carboxylic acids is 1. The Hall–Kier alpha value is -1.39. The van der Waals surface area contributed by atoms with E-state index in [1.54, 1.807) is 11.6 Å². The van der Waals surface area contributed by atoms with E-state index in [0.29, 0.717) is 11.7 Å². The van der Waals surface area contributed by atoms with Crippen LogP contribution in [0.15, 0.2) is 0 Å². The molecular weight excluding hydrogens is 182 g/mol. The second-order valence-corrected chi connectivity index (χ2v) is 3.71. The van der Waals surface area contributed by atoms with Crippen molar-refractivity contribution in [3.63, 3.8) is 0 Å². The molecule has 5 heteroatoms. The summed E-state index contributed by atoms with van der Waals surface area (Å²) < 4.78 is 1.76. The highest BCUT2D eigenvalue weighted by molar-refractivity contribution is 5.86. The van der Waals surface area contributed by atoms with E-state index in [1.807, 2.05) is 0 Å². The number of carboxylic acid groups (broad SMARTS) is 1. The summed E-state index contributed by atoms with van der Waals surface area (Å²) in [5.41, 5.74) is 0.751. The summed E-state index contributed by atoms with van der Waals surface area (Å²) in [6, 6.07) is 0.357. The van der Waals surface area contributed by atoms with Crippen LogP contribution >= 0.6 is 0 Å². The van der Waals surface area contributed by atoms with Gasteiger partial charge >= 0.3 is 5.97 Å². The summed E-state index contributed by atoms with van der Waals surface area (Å²) in [6.07, 6.45) is 4.57. The molecule has 0 unspecified atom stereocenters. The zero-order valence-corrected chi connectivity index (χ0v) is 8.10. The number of aromatic carboxylic acids is 1. The molecule has 0 aromatic carbocycles. The SMILES string of the molecule is Cc1c(C(=O)O)nnn1C1CCCC1. The number of aromatic nitrogens is 3. The molecule has 1 heterocycles. The van der Waals surface area contributed by atoms with Gasteiger partial charge in [0, 0.05) is 0 Å². The third kappa shape index (κ3) is 1.38. The maximum absolute atomic E-state index is 10.7. The quantitative estimate of drug-likeness (QED) is 0.774. The van der Waals surface area contributed by atoms with Gasteiger partial charge in [-0.25, -0.2) is 9.48 Å². The second kappa shape index (κ2) is 3.40. The van der Waals surface area contributed by atoms with Crippen molar-refractivity contribution in [2.75, 3.05) is 0 Å². The molecule has 0 bridgehead atoms. The second-order valence-electron chi connectivity index (χ2n) is 3.71. The first-order chi connectivity index (χ1) is 6.70. The van der Waals surface area contributed by atoms with E-state index in [2.05, 4.69) is 10.3 Å². The summed E-state index contributed by atoms with van der Waals surface area (Å²) in [5.74, 6) is -0.994. The normalized spacial score (nSPS) is 17.5. The summed E-state index contributed by atoms with van der Waals surface area (Å²) in [5, 5.41) is 16.4. The van der Waals surface area contributed by atoms with Gasteiger partial charge in [0.05, 0.1) is 11.7 Å². The smallest absolute Gasteiger partial charge is 0.358 e. The van der Waals surface area contributed by atoms with Crippen LogP contribution in [0.1, 0.15) is 47.9 Å². The average Bonchev–Trinajstić information content (AvgIpc) is 2.71. The van der Waals surface area contributed by atoms with Gasteiger partial charge in [0.1, 0.15) is 0 Å². The van der Waals surface area contributed by atoms with Gasteiger partial charge in [0.2, 0.25) is 0 Å². The van der Waals surface area contributed by atoms with Crippen molar-refractivity contribution in [3.05, 3.63) is 11.4 Å². The van der Waals surface area contributed by atoms with E-state index in [1.165, 1.54) is 12.8 Å². The highest BCUT2D eigenvalue weighted by Crippen LogP contribution is 2.29. The van der Waals surface area contributed by atoms with Crippen LogP contribution in [0.25, 0.3) is 0 Å². The minimum atomic E-state index is -0.994. The number of hydrogen-bond acceptors (Lipinski definition) is 3. The summed E-state index contributed by atoms with van der Waals surface area (Å²) in [7, 11) is 0. The lowest BCUT2D eigenvalue weighted by Gasteiger charge is -2.10. The van der Waals surface area contributed by atoms with Gasteiger partial charge in [-0.15, -0.1) is 5.10 Å². The molecule has 0 radical (unpaired) electrons. The Labute approximate surface area is 81.7 Å². The molecule has 1 saturated carbocycles. The molecule has 0 atom stereocenters. The molecular formula is C9H13N3O2. The lowest BCUT2D eigenvalue weighted by Crippen LogP contribution is -2.09. The molecule has 1 aliphatic rings. The Balaban J connectivity index is 2.30.